The number of carbonyl (C=O) groups is 1. The summed E-state index contributed by atoms with van der Waals surface area (Å²) >= 11 is 4.40. The van der Waals surface area contributed by atoms with Crippen molar-refractivity contribution in [2.75, 3.05) is 5.32 Å². The molecule has 5 nitrogen and oxygen atoms in total. The first kappa shape index (κ1) is 14.4. The zero-order chi connectivity index (χ0) is 14.0. The first-order valence-corrected chi connectivity index (χ1v) is 8.18. The standard InChI is InChI=1S/C11H14N4OS3/c1-5-6(2)17-10(12-5)13-9(16)7(3)18-11-15-14-8(4)19-11/h7H,1-4H3,(H,12,13,16)/t7-/m1/s1. The summed E-state index contributed by atoms with van der Waals surface area (Å²) in [6, 6.07) is 0. The molecule has 102 valence electrons. The van der Waals surface area contributed by atoms with E-state index in [2.05, 4.69) is 20.5 Å². The quantitative estimate of drug-likeness (QED) is 0.879. The fourth-order valence-electron chi connectivity index (χ4n) is 1.26. The van der Waals surface area contributed by atoms with E-state index in [0.717, 1.165) is 19.9 Å². The minimum Gasteiger partial charge on any atom is -0.301 e. The summed E-state index contributed by atoms with van der Waals surface area (Å²) in [6.07, 6.45) is 0. The Bertz CT molecular complexity index is 573. The molecule has 1 amide bonds. The highest BCUT2D eigenvalue weighted by atomic mass is 32.2. The van der Waals surface area contributed by atoms with E-state index < -0.39 is 0 Å². The molecular weight excluding hydrogens is 300 g/mol. The Balaban J connectivity index is 1.95. The van der Waals surface area contributed by atoms with Crippen molar-refractivity contribution >= 4 is 45.5 Å². The number of carbonyl (C=O) groups excluding carboxylic acids is 1. The van der Waals surface area contributed by atoms with Crippen LogP contribution in [0.2, 0.25) is 0 Å². The molecule has 0 unspecified atom stereocenters. The molecule has 0 aliphatic heterocycles. The second-order valence-corrected chi connectivity index (χ2v) is 7.97. The lowest BCUT2D eigenvalue weighted by molar-refractivity contribution is -0.115. The Hall–Kier alpha value is -0.990. The molecule has 1 atom stereocenters. The molecule has 2 aromatic heterocycles. The molecule has 2 heterocycles. The zero-order valence-electron chi connectivity index (χ0n) is 11.1. The van der Waals surface area contributed by atoms with Crippen LogP contribution in [0.4, 0.5) is 5.13 Å². The number of nitrogens with one attached hydrogen (secondary N) is 1. The van der Waals surface area contributed by atoms with Gasteiger partial charge in [0, 0.05) is 4.88 Å². The van der Waals surface area contributed by atoms with E-state index in [0.29, 0.717) is 5.13 Å². The lowest BCUT2D eigenvalue weighted by Crippen LogP contribution is -2.22. The number of anilines is 1. The van der Waals surface area contributed by atoms with Crippen LogP contribution in [0, 0.1) is 20.8 Å². The van der Waals surface area contributed by atoms with Crippen LogP contribution in [-0.2, 0) is 4.79 Å². The van der Waals surface area contributed by atoms with Gasteiger partial charge < -0.3 is 5.32 Å². The highest BCUT2D eigenvalue weighted by Gasteiger charge is 2.18. The van der Waals surface area contributed by atoms with Crippen LogP contribution in [-0.4, -0.2) is 26.3 Å². The number of aryl methyl sites for hydroxylation is 3. The molecule has 19 heavy (non-hydrogen) atoms. The number of thiazole rings is 1. The predicted molar refractivity (Wildman–Crippen MR) is 80.2 cm³/mol. The van der Waals surface area contributed by atoms with Gasteiger partial charge in [0.05, 0.1) is 10.9 Å². The number of hydrogen-bond donors (Lipinski definition) is 1. The number of thioether (sulfide) groups is 1. The summed E-state index contributed by atoms with van der Waals surface area (Å²) in [5, 5.41) is 12.1. The van der Waals surface area contributed by atoms with Gasteiger partial charge in [0.15, 0.2) is 9.47 Å². The normalized spacial score (nSPS) is 12.4. The van der Waals surface area contributed by atoms with Crippen molar-refractivity contribution in [2.24, 2.45) is 0 Å². The third-order valence-corrected chi connectivity index (χ3v) is 5.42. The van der Waals surface area contributed by atoms with Gasteiger partial charge in [-0.15, -0.1) is 21.5 Å². The van der Waals surface area contributed by atoms with Crippen molar-refractivity contribution in [3.8, 4) is 0 Å². The molecule has 0 spiro atoms. The third kappa shape index (κ3) is 3.74. The molecule has 0 saturated carbocycles. The lowest BCUT2D eigenvalue weighted by Gasteiger charge is -2.07. The maximum absolute atomic E-state index is 12.0. The average molecular weight is 314 g/mol. The van der Waals surface area contributed by atoms with Gasteiger partial charge in [0.2, 0.25) is 5.91 Å². The van der Waals surface area contributed by atoms with E-state index >= 15 is 0 Å². The number of hydrogen-bond acceptors (Lipinski definition) is 7. The fourth-order valence-corrected chi connectivity index (χ4v) is 4.04. The maximum atomic E-state index is 12.0. The highest BCUT2D eigenvalue weighted by Crippen LogP contribution is 2.27. The molecule has 1 N–H and O–H groups in total. The van der Waals surface area contributed by atoms with Gasteiger partial charge in [-0.05, 0) is 27.7 Å². The number of aromatic nitrogens is 3. The summed E-state index contributed by atoms with van der Waals surface area (Å²) < 4.78 is 0.812. The molecule has 0 radical (unpaired) electrons. The Morgan fingerprint density at radius 2 is 2.00 bits per heavy atom. The zero-order valence-corrected chi connectivity index (χ0v) is 13.5. The summed E-state index contributed by atoms with van der Waals surface area (Å²) in [5.74, 6) is -0.0633. The van der Waals surface area contributed by atoms with Gasteiger partial charge in [0.25, 0.3) is 0 Å². The average Bonchev–Trinajstić information content (AvgIpc) is 2.86. The van der Waals surface area contributed by atoms with Crippen molar-refractivity contribution in [2.45, 2.75) is 37.3 Å². The monoisotopic (exact) mass is 314 g/mol. The summed E-state index contributed by atoms with van der Waals surface area (Å²) in [7, 11) is 0. The topological polar surface area (TPSA) is 67.8 Å². The van der Waals surface area contributed by atoms with Gasteiger partial charge >= 0.3 is 0 Å². The van der Waals surface area contributed by atoms with Crippen molar-refractivity contribution < 1.29 is 4.79 Å². The Labute approximate surface area is 123 Å². The van der Waals surface area contributed by atoms with E-state index in [1.807, 2.05) is 27.7 Å². The van der Waals surface area contributed by atoms with E-state index in [-0.39, 0.29) is 11.2 Å². The van der Waals surface area contributed by atoms with Crippen molar-refractivity contribution in [1.82, 2.24) is 15.2 Å². The second-order valence-electron chi connectivity index (χ2n) is 4.00. The van der Waals surface area contributed by atoms with Gasteiger partial charge in [-0.25, -0.2) is 4.98 Å². The number of rotatable bonds is 4. The predicted octanol–water partition coefficient (Wildman–Crippen LogP) is 3.04. The SMILES string of the molecule is Cc1nnc(S[C@H](C)C(=O)Nc2nc(C)c(C)s2)s1. The Kier molecular flexibility index (Phi) is 4.54. The maximum Gasteiger partial charge on any atom is 0.239 e. The molecule has 0 aliphatic rings. The van der Waals surface area contributed by atoms with Crippen LogP contribution in [0.15, 0.2) is 4.34 Å². The van der Waals surface area contributed by atoms with Crippen molar-refractivity contribution in [3.63, 3.8) is 0 Å². The smallest absolute Gasteiger partial charge is 0.239 e. The molecule has 0 aromatic carbocycles. The highest BCUT2D eigenvalue weighted by molar-refractivity contribution is 8.02. The molecule has 2 rings (SSSR count). The largest absolute Gasteiger partial charge is 0.301 e. The fraction of sp³-hybridized carbons (Fsp3) is 0.455. The van der Waals surface area contributed by atoms with Crippen molar-refractivity contribution in [3.05, 3.63) is 15.6 Å². The minimum atomic E-state index is -0.225. The first-order valence-electron chi connectivity index (χ1n) is 5.67. The van der Waals surface area contributed by atoms with Crippen LogP contribution in [0.5, 0.6) is 0 Å². The molecule has 0 saturated heterocycles. The molecule has 0 aliphatic carbocycles. The lowest BCUT2D eigenvalue weighted by atomic mass is 10.4. The van der Waals surface area contributed by atoms with Crippen LogP contribution >= 0.6 is 34.4 Å². The third-order valence-electron chi connectivity index (χ3n) is 2.41. The van der Waals surface area contributed by atoms with E-state index in [1.54, 1.807) is 0 Å². The van der Waals surface area contributed by atoms with Crippen LogP contribution in [0.1, 0.15) is 22.5 Å². The Morgan fingerprint density at radius 1 is 1.26 bits per heavy atom. The van der Waals surface area contributed by atoms with Crippen LogP contribution in [0.25, 0.3) is 0 Å². The van der Waals surface area contributed by atoms with E-state index in [4.69, 9.17) is 0 Å². The Morgan fingerprint density at radius 3 is 2.53 bits per heavy atom. The molecule has 8 heteroatoms. The summed E-state index contributed by atoms with van der Waals surface area (Å²) in [5.41, 5.74) is 0.959. The summed E-state index contributed by atoms with van der Waals surface area (Å²) in [4.78, 5) is 17.5. The van der Waals surface area contributed by atoms with E-state index in [1.165, 1.54) is 34.4 Å². The molecule has 2 aromatic rings. The van der Waals surface area contributed by atoms with Crippen molar-refractivity contribution in [1.29, 1.82) is 0 Å². The minimum absolute atomic E-state index is 0.0633. The second kappa shape index (κ2) is 5.98. The van der Waals surface area contributed by atoms with E-state index in [9.17, 15) is 4.79 Å². The van der Waals surface area contributed by atoms with Crippen LogP contribution < -0.4 is 5.32 Å². The molecule has 0 bridgehead atoms. The first-order chi connectivity index (χ1) is 8.95. The van der Waals surface area contributed by atoms with Crippen LogP contribution in [0.3, 0.4) is 0 Å². The number of amides is 1. The van der Waals surface area contributed by atoms with Gasteiger partial charge in [-0.3, -0.25) is 4.79 Å². The summed E-state index contributed by atoms with van der Waals surface area (Å²) in [6.45, 7) is 7.67. The molecular formula is C11H14N4OS3. The number of nitrogens with zero attached hydrogens (tertiary/aromatic N) is 3. The van der Waals surface area contributed by atoms with Gasteiger partial charge in [0.1, 0.15) is 5.01 Å². The van der Waals surface area contributed by atoms with Gasteiger partial charge in [-0.2, -0.15) is 0 Å². The molecule has 0 fully saturated rings. The van der Waals surface area contributed by atoms with Gasteiger partial charge in [-0.1, -0.05) is 23.1 Å².